The lowest BCUT2D eigenvalue weighted by Crippen LogP contribution is -2.38. The van der Waals surface area contributed by atoms with Crippen LogP contribution in [0.5, 0.6) is 0 Å². The Bertz CT molecular complexity index is 196. The first-order chi connectivity index (χ1) is 7.63. The molecule has 5 heteroatoms. The highest BCUT2D eigenvalue weighted by atomic mass is 16.4. The molecule has 0 aromatic heterocycles. The SMILES string of the molecule is CCCN(CC)CCNC(C)CC(N)=NO. The quantitative estimate of drug-likeness (QED) is 0.237. The van der Waals surface area contributed by atoms with Crippen molar-refractivity contribution >= 4 is 5.84 Å². The number of likely N-dealkylation sites (N-methyl/N-ethyl adjacent to an activating group) is 1. The van der Waals surface area contributed by atoms with E-state index in [1.165, 1.54) is 6.42 Å². The molecule has 0 saturated carbocycles. The largest absolute Gasteiger partial charge is 0.409 e. The number of nitrogens with two attached hydrogens (primary N) is 1. The number of nitrogens with one attached hydrogen (secondary N) is 1. The average Bonchev–Trinajstić information content (AvgIpc) is 2.27. The Morgan fingerprint density at radius 1 is 1.44 bits per heavy atom. The van der Waals surface area contributed by atoms with Gasteiger partial charge in [-0.05, 0) is 26.4 Å². The average molecular weight is 230 g/mol. The Balaban J connectivity index is 3.63. The van der Waals surface area contributed by atoms with Crippen LogP contribution in [-0.4, -0.2) is 48.2 Å². The summed E-state index contributed by atoms with van der Waals surface area (Å²) < 4.78 is 0. The molecular formula is C11H26N4O. The van der Waals surface area contributed by atoms with E-state index in [1.807, 2.05) is 6.92 Å². The summed E-state index contributed by atoms with van der Waals surface area (Å²) in [5.41, 5.74) is 5.43. The van der Waals surface area contributed by atoms with Gasteiger partial charge in [0, 0.05) is 25.6 Å². The summed E-state index contributed by atoms with van der Waals surface area (Å²) in [5, 5.41) is 14.8. The van der Waals surface area contributed by atoms with E-state index in [9.17, 15) is 0 Å². The molecule has 0 aromatic carbocycles. The van der Waals surface area contributed by atoms with Gasteiger partial charge in [0.05, 0.1) is 0 Å². The minimum atomic E-state index is 0.247. The van der Waals surface area contributed by atoms with Gasteiger partial charge in [0.2, 0.25) is 0 Å². The second-order valence-corrected chi connectivity index (χ2v) is 4.08. The number of hydrogen-bond acceptors (Lipinski definition) is 4. The van der Waals surface area contributed by atoms with Crippen LogP contribution in [0.15, 0.2) is 5.16 Å². The molecule has 96 valence electrons. The van der Waals surface area contributed by atoms with Crippen LogP contribution in [0.25, 0.3) is 0 Å². The molecular weight excluding hydrogens is 204 g/mol. The van der Waals surface area contributed by atoms with Crippen LogP contribution in [0.1, 0.15) is 33.6 Å². The maximum Gasteiger partial charge on any atom is 0.140 e. The van der Waals surface area contributed by atoms with E-state index >= 15 is 0 Å². The lowest BCUT2D eigenvalue weighted by Gasteiger charge is -2.21. The summed E-state index contributed by atoms with van der Waals surface area (Å²) in [4.78, 5) is 2.41. The Kier molecular flexibility index (Phi) is 8.94. The van der Waals surface area contributed by atoms with E-state index in [0.717, 1.165) is 26.2 Å². The second kappa shape index (κ2) is 9.42. The third kappa shape index (κ3) is 7.48. The summed E-state index contributed by atoms with van der Waals surface area (Å²) in [7, 11) is 0. The van der Waals surface area contributed by atoms with E-state index < -0.39 is 0 Å². The molecule has 0 bridgehead atoms. The molecule has 0 aliphatic heterocycles. The van der Waals surface area contributed by atoms with Crippen molar-refractivity contribution in [2.45, 2.75) is 39.7 Å². The zero-order chi connectivity index (χ0) is 12.4. The third-order valence-corrected chi connectivity index (χ3v) is 2.55. The minimum Gasteiger partial charge on any atom is -0.409 e. The number of rotatable bonds is 9. The monoisotopic (exact) mass is 230 g/mol. The lowest BCUT2D eigenvalue weighted by atomic mass is 10.2. The Labute approximate surface area is 98.7 Å². The molecule has 0 amide bonds. The molecule has 0 fully saturated rings. The highest BCUT2D eigenvalue weighted by Gasteiger charge is 2.05. The molecule has 1 unspecified atom stereocenters. The molecule has 16 heavy (non-hydrogen) atoms. The molecule has 4 N–H and O–H groups in total. The van der Waals surface area contributed by atoms with E-state index in [0.29, 0.717) is 6.42 Å². The van der Waals surface area contributed by atoms with Gasteiger partial charge in [-0.3, -0.25) is 0 Å². The van der Waals surface area contributed by atoms with Crippen LogP contribution in [0.4, 0.5) is 0 Å². The first kappa shape index (κ1) is 15.2. The first-order valence-corrected chi connectivity index (χ1v) is 6.06. The minimum absolute atomic E-state index is 0.247. The fourth-order valence-corrected chi connectivity index (χ4v) is 1.64. The van der Waals surface area contributed by atoms with E-state index in [4.69, 9.17) is 10.9 Å². The number of oxime groups is 1. The van der Waals surface area contributed by atoms with Crippen molar-refractivity contribution < 1.29 is 5.21 Å². The Morgan fingerprint density at radius 3 is 2.62 bits per heavy atom. The lowest BCUT2D eigenvalue weighted by molar-refractivity contribution is 0.283. The predicted molar refractivity (Wildman–Crippen MR) is 67.9 cm³/mol. The van der Waals surface area contributed by atoms with Gasteiger partial charge in [-0.1, -0.05) is 19.0 Å². The molecule has 0 aliphatic rings. The summed E-state index contributed by atoms with van der Waals surface area (Å²) in [6.07, 6.45) is 1.77. The molecule has 5 nitrogen and oxygen atoms in total. The van der Waals surface area contributed by atoms with Gasteiger partial charge >= 0.3 is 0 Å². The number of amidine groups is 1. The van der Waals surface area contributed by atoms with Crippen LogP contribution in [0.2, 0.25) is 0 Å². The summed E-state index contributed by atoms with van der Waals surface area (Å²) in [5.74, 6) is 0.279. The van der Waals surface area contributed by atoms with Crippen molar-refractivity contribution in [3.8, 4) is 0 Å². The fourth-order valence-electron chi connectivity index (χ4n) is 1.64. The van der Waals surface area contributed by atoms with Gasteiger partial charge in [-0.15, -0.1) is 0 Å². The van der Waals surface area contributed by atoms with E-state index in [1.54, 1.807) is 0 Å². The van der Waals surface area contributed by atoms with Gasteiger partial charge in [0.15, 0.2) is 0 Å². The van der Waals surface area contributed by atoms with Gasteiger partial charge in [0.25, 0.3) is 0 Å². The Hall–Kier alpha value is -0.810. The van der Waals surface area contributed by atoms with E-state index in [2.05, 4.69) is 29.2 Å². The third-order valence-electron chi connectivity index (χ3n) is 2.55. The maximum absolute atomic E-state index is 8.43. The van der Waals surface area contributed by atoms with Crippen molar-refractivity contribution in [1.29, 1.82) is 0 Å². The smallest absolute Gasteiger partial charge is 0.140 e. The highest BCUT2D eigenvalue weighted by molar-refractivity contribution is 5.80. The summed E-state index contributed by atoms with van der Waals surface area (Å²) in [6, 6.07) is 0.247. The molecule has 0 radical (unpaired) electrons. The first-order valence-electron chi connectivity index (χ1n) is 6.06. The molecule has 0 saturated heterocycles. The number of nitrogens with zero attached hydrogens (tertiary/aromatic N) is 2. The van der Waals surface area contributed by atoms with Gasteiger partial charge in [0.1, 0.15) is 5.84 Å². The van der Waals surface area contributed by atoms with Crippen molar-refractivity contribution in [2.75, 3.05) is 26.2 Å². The molecule has 0 aromatic rings. The van der Waals surface area contributed by atoms with Gasteiger partial charge in [-0.25, -0.2) is 0 Å². The molecule has 0 heterocycles. The van der Waals surface area contributed by atoms with Crippen LogP contribution < -0.4 is 11.1 Å². The van der Waals surface area contributed by atoms with Crippen molar-refractivity contribution in [2.24, 2.45) is 10.9 Å². The van der Waals surface area contributed by atoms with Crippen LogP contribution in [0.3, 0.4) is 0 Å². The second-order valence-electron chi connectivity index (χ2n) is 4.08. The Morgan fingerprint density at radius 2 is 2.12 bits per heavy atom. The topological polar surface area (TPSA) is 73.9 Å². The van der Waals surface area contributed by atoms with E-state index in [-0.39, 0.29) is 11.9 Å². The van der Waals surface area contributed by atoms with Gasteiger partial charge < -0.3 is 21.2 Å². The zero-order valence-electron chi connectivity index (χ0n) is 10.7. The fraction of sp³-hybridized carbons (Fsp3) is 0.909. The molecule has 0 spiro atoms. The highest BCUT2D eigenvalue weighted by Crippen LogP contribution is 1.92. The zero-order valence-corrected chi connectivity index (χ0v) is 10.7. The van der Waals surface area contributed by atoms with Crippen molar-refractivity contribution in [1.82, 2.24) is 10.2 Å². The van der Waals surface area contributed by atoms with Crippen molar-refractivity contribution in [3.63, 3.8) is 0 Å². The summed E-state index contributed by atoms with van der Waals surface area (Å²) >= 11 is 0. The normalized spacial score (nSPS) is 14.4. The van der Waals surface area contributed by atoms with Crippen LogP contribution in [0, 0.1) is 0 Å². The van der Waals surface area contributed by atoms with Crippen LogP contribution in [-0.2, 0) is 0 Å². The molecule has 0 aliphatic carbocycles. The maximum atomic E-state index is 8.43. The van der Waals surface area contributed by atoms with Crippen LogP contribution >= 0.6 is 0 Å². The van der Waals surface area contributed by atoms with Gasteiger partial charge in [-0.2, -0.15) is 0 Å². The van der Waals surface area contributed by atoms with Crippen molar-refractivity contribution in [3.05, 3.63) is 0 Å². The predicted octanol–water partition coefficient (Wildman–Crippen LogP) is 0.833. The standard InChI is InChI=1S/C11H26N4O/c1-4-7-15(5-2)8-6-13-10(3)9-11(12)14-16/h10,13,16H,4-9H2,1-3H3,(H2,12,14). The summed E-state index contributed by atoms with van der Waals surface area (Å²) in [6.45, 7) is 10.6. The number of hydrogen-bond donors (Lipinski definition) is 3. The molecule has 0 rings (SSSR count). The molecule has 1 atom stereocenters.